The van der Waals surface area contributed by atoms with E-state index in [0.717, 1.165) is 4.90 Å². The summed E-state index contributed by atoms with van der Waals surface area (Å²) >= 11 is 7.08. The van der Waals surface area contributed by atoms with Crippen LogP contribution >= 0.6 is 23.4 Å². The molecule has 1 aliphatic rings. The predicted molar refractivity (Wildman–Crippen MR) is 80.8 cm³/mol. The lowest BCUT2D eigenvalue weighted by molar-refractivity contribution is -0.113. The van der Waals surface area contributed by atoms with E-state index >= 15 is 0 Å². The summed E-state index contributed by atoms with van der Waals surface area (Å²) in [5.74, 6) is -0.0487. The molecule has 0 spiro atoms. The zero-order valence-electron chi connectivity index (χ0n) is 10.6. The Hall–Kier alpha value is -2.12. The van der Waals surface area contributed by atoms with E-state index in [9.17, 15) is 9.59 Å². The first kappa shape index (κ1) is 13.8. The number of carbonyl (C=O) groups excluding carboxylic acids is 2. The number of halogens is 1. The third-order valence-electron chi connectivity index (χ3n) is 2.73. The maximum absolute atomic E-state index is 12.0. The molecular formula is C13H9ClN4O2S. The van der Waals surface area contributed by atoms with E-state index in [0.29, 0.717) is 17.1 Å². The number of rotatable bonds is 2. The third-order valence-corrected chi connectivity index (χ3v) is 4.01. The molecule has 0 radical (unpaired) electrons. The summed E-state index contributed by atoms with van der Waals surface area (Å²) in [5, 5.41) is 13.0. The fourth-order valence-corrected chi connectivity index (χ4v) is 2.68. The first-order valence-corrected chi connectivity index (χ1v) is 7.35. The highest BCUT2D eigenvalue weighted by Gasteiger charge is 2.16. The number of amides is 2. The van der Waals surface area contributed by atoms with E-state index < -0.39 is 5.91 Å². The lowest BCUT2D eigenvalue weighted by atomic mass is 10.2. The summed E-state index contributed by atoms with van der Waals surface area (Å²) in [4.78, 5) is 24.3. The normalized spacial score (nSPS) is 13.3. The number of anilines is 2. The van der Waals surface area contributed by atoms with Gasteiger partial charge in [0.15, 0.2) is 10.8 Å². The van der Waals surface area contributed by atoms with Crippen molar-refractivity contribution in [1.29, 1.82) is 0 Å². The van der Waals surface area contributed by atoms with E-state index in [4.69, 9.17) is 11.6 Å². The number of benzene rings is 1. The van der Waals surface area contributed by atoms with Crippen LogP contribution in [-0.4, -0.2) is 27.8 Å². The van der Waals surface area contributed by atoms with Gasteiger partial charge >= 0.3 is 0 Å². The number of aromatic nitrogens is 2. The largest absolute Gasteiger partial charge is 0.324 e. The molecule has 2 heterocycles. The van der Waals surface area contributed by atoms with Gasteiger partial charge in [-0.2, -0.15) is 0 Å². The second-order valence-corrected chi connectivity index (χ2v) is 5.65. The Bertz CT molecular complexity index is 721. The highest BCUT2D eigenvalue weighted by Crippen LogP contribution is 2.33. The zero-order chi connectivity index (χ0) is 14.8. The summed E-state index contributed by atoms with van der Waals surface area (Å²) < 4.78 is 0. The monoisotopic (exact) mass is 320 g/mol. The van der Waals surface area contributed by atoms with E-state index in [-0.39, 0.29) is 16.8 Å². The van der Waals surface area contributed by atoms with Gasteiger partial charge in [0.1, 0.15) is 0 Å². The fraction of sp³-hybridized carbons (Fsp3) is 0.0769. The Morgan fingerprint density at radius 2 is 2.14 bits per heavy atom. The second kappa shape index (κ2) is 5.71. The van der Waals surface area contributed by atoms with Crippen LogP contribution in [0.4, 0.5) is 11.4 Å². The van der Waals surface area contributed by atoms with Crippen molar-refractivity contribution in [1.82, 2.24) is 10.2 Å². The minimum atomic E-state index is -0.395. The van der Waals surface area contributed by atoms with Crippen molar-refractivity contribution in [3.63, 3.8) is 0 Å². The van der Waals surface area contributed by atoms with Crippen molar-refractivity contribution < 1.29 is 9.59 Å². The lowest BCUT2D eigenvalue weighted by Crippen LogP contribution is -2.19. The number of thioether (sulfide) groups is 1. The average Bonchev–Trinajstić information content (AvgIpc) is 2.47. The van der Waals surface area contributed by atoms with Gasteiger partial charge in [-0.15, -0.1) is 22.0 Å². The summed E-state index contributed by atoms with van der Waals surface area (Å²) in [6.45, 7) is 0. The van der Waals surface area contributed by atoms with Crippen molar-refractivity contribution in [3.8, 4) is 0 Å². The maximum atomic E-state index is 12.0. The van der Waals surface area contributed by atoms with Crippen LogP contribution < -0.4 is 10.6 Å². The Labute approximate surface area is 129 Å². The standard InChI is InChI=1S/C13H9ClN4O2S/c14-11-4-2-8(17-18-11)13(20)15-7-1-3-10-9(5-7)16-12(19)6-21-10/h1-5H,6H2,(H,15,20)(H,16,19). The van der Waals surface area contributed by atoms with Gasteiger partial charge < -0.3 is 10.6 Å². The van der Waals surface area contributed by atoms with Crippen LogP contribution in [0, 0.1) is 0 Å². The molecule has 21 heavy (non-hydrogen) atoms. The summed E-state index contributed by atoms with van der Waals surface area (Å²) in [7, 11) is 0. The van der Waals surface area contributed by atoms with E-state index in [1.54, 1.807) is 12.1 Å². The maximum Gasteiger partial charge on any atom is 0.276 e. The summed E-state index contributed by atoms with van der Waals surface area (Å²) in [6, 6.07) is 8.31. The molecule has 1 aromatic heterocycles. The van der Waals surface area contributed by atoms with Gasteiger partial charge in [0, 0.05) is 10.6 Å². The molecule has 2 amide bonds. The van der Waals surface area contributed by atoms with E-state index in [2.05, 4.69) is 20.8 Å². The molecule has 2 aromatic rings. The van der Waals surface area contributed by atoms with Crippen molar-refractivity contribution >= 4 is 46.6 Å². The Kier molecular flexibility index (Phi) is 3.76. The van der Waals surface area contributed by atoms with Crippen molar-refractivity contribution in [3.05, 3.63) is 41.2 Å². The van der Waals surface area contributed by atoms with Gasteiger partial charge in [0.05, 0.1) is 11.4 Å². The molecule has 106 valence electrons. The van der Waals surface area contributed by atoms with Crippen LogP contribution in [0.5, 0.6) is 0 Å². The minimum absolute atomic E-state index is 0.0560. The van der Waals surface area contributed by atoms with E-state index in [1.165, 1.54) is 23.9 Å². The first-order chi connectivity index (χ1) is 10.1. The molecule has 1 aromatic carbocycles. The Morgan fingerprint density at radius 1 is 1.29 bits per heavy atom. The Morgan fingerprint density at radius 3 is 2.90 bits per heavy atom. The van der Waals surface area contributed by atoms with Gasteiger partial charge in [0.25, 0.3) is 5.91 Å². The fourth-order valence-electron chi connectivity index (χ4n) is 1.79. The molecule has 2 N–H and O–H groups in total. The topological polar surface area (TPSA) is 84.0 Å². The van der Waals surface area contributed by atoms with Crippen molar-refractivity contribution in [2.75, 3.05) is 16.4 Å². The third kappa shape index (κ3) is 3.14. The van der Waals surface area contributed by atoms with Crippen LogP contribution in [0.15, 0.2) is 35.2 Å². The molecule has 0 fully saturated rings. The molecule has 1 aliphatic heterocycles. The number of hydrogen-bond donors (Lipinski definition) is 2. The predicted octanol–water partition coefficient (Wildman–Crippen LogP) is 2.43. The lowest BCUT2D eigenvalue weighted by Gasteiger charge is -2.17. The highest BCUT2D eigenvalue weighted by atomic mass is 35.5. The molecule has 0 saturated carbocycles. The van der Waals surface area contributed by atoms with Gasteiger partial charge in [-0.05, 0) is 30.3 Å². The van der Waals surface area contributed by atoms with Crippen molar-refractivity contribution in [2.45, 2.75) is 4.90 Å². The minimum Gasteiger partial charge on any atom is -0.324 e. The van der Waals surface area contributed by atoms with Crippen LogP contribution in [0.25, 0.3) is 0 Å². The molecule has 3 rings (SSSR count). The first-order valence-electron chi connectivity index (χ1n) is 5.99. The number of hydrogen-bond acceptors (Lipinski definition) is 5. The number of nitrogens with one attached hydrogen (secondary N) is 2. The molecule has 0 atom stereocenters. The quantitative estimate of drug-likeness (QED) is 0.887. The van der Waals surface area contributed by atoms with Gasteiger partial charge in [-0.3, -0.25) is 9.59 Å². The molecule has 0 unspecified atom stereocenters. The number of fused-ring (bicyclic) bond motifs is 1. The molecule has 8 heteroatoms. The molecule has 0 bridgehead atoms. The van der Waals surface area contributed by atoms with Gasteiger partial charge in [-0.25, -0.2) is 0 Å². The zero-order valence-corrected chi connectivity index (χ0v) is 12.2. The van der Waals surface area contributed by atoms with Crippen LogP contribution in [0.3, 0.4) is 0 Å². The molecule has 6 nitrogen and oxygen atoms in total. The summed E-state index contributed by atoms with van der Waals surface area (Å²) in [5.41, 5.74) is 1.42. The smallest absolute Gasteiger partial charge is 0.276 e. The average molecular weight is 321 g/mol. The Balaban J connectivity index is 1.79. The van der Waals surface area contributed by atoms with Crippen LogP contribution in [0.1, 0.15) is 10.5 Å². The molecule has 0 aliphatic carbocycles. The highest BCUT2D eigenvalue weighted by molar-refractivity contribution is 8.00. The van der Waals surface area contributed by atoms with Crippen LogP contribution in [-0.2, 0) is 4.79 Å². The molecule has 0 saturated heterocycles. The van der Waals surface area contributed by atoms with Gasteiger partial charge in [0.2, 0.25) is 5.91 Å². The SMILES string of the molecule is O=C1CSc2ccc(NC(=O)c3ccc(Cl)nn3)cc2N1. The van der Waals surface area contributed by atoms with Gasteiger partial charge in [-0.1, -0.05) is 11.6 Å². The summed E-state index contributed by atoms with van der Waals surface area (Å²) in [6.07, 6.45) is 0. The second-order valence-electron chi connectivity index (χ2n) is 4.24. The van der Waals surface area contributed by atoms with Crippen LogP contribution in [0.2, 0.25) is 5.15 Å². The van der Waals surface area contributed by atoms with E-state index in [1.807, 2.05) is 6.07 Å². The number of carbonyl (C=O) groups is 2. The van der Waals surface area contributed by atoms with Crippen molar-refractivity contribution in [2.24, 2.45) is 0 Å². The molecular weight excluding hydrogens is 312 g/mol. The number of nitrogens with zero attached hydrogens (tertiary/aromatic N) is 2.